The number of anilines is 1. The Balaban J connectivity index is 3.35. The Morgan fingerprint density at radius 3 is 2.53 bits per heavy atom. The van der Waals surface area contributed by atoms with E-state index in [4.69, 9.17) is 22.1 Å². The molecule has 0 fully saturated rings. The summed E-state index contributed by atoms with van der Waals surface area (Å²) in [6, 6.07) is 2.20. The molecule has 0 saturated heterocycles. The van der Waals surface area contributed by atoms with Crippen LogP contribution >= 0.6 is 11.6 Å². The summed E-state index contributed by atoms with van der Waals surface area (Å²) in [5.74, 6) is 0.840. The summed E-state index contributed by atoms with van der Waals surface area (Å²) < 4.78 is 5.44. The van der Waals surface area contributed by atoms with E-state index in [-0.39, 0.29) is 6.04 Å². The maximum absolute atomic E-state index is 6.29. The minimum Gasteiger partial charge on any atom is -0.495 e. The normalized spacial score (nSPS) is 12.4. The number of benzene rings is 1. The zero-order chi connectivity index (χ0) is 13.2. The highest BCUT2D eigenvalue weighted by atomic mass is 35.5. The lowest BCUT2D eigenvalue weighted by Crippen LogP contribution is -2.36. The minimum atomic E-state index is 0.237. The second-order valence-corrected chi connectivity index (χ2v) is 4.76. The van der Waals surface area contributed by atoms with Crippen molar-refractivity contribution < 1.29 is 4.74 Å². The Bertz CT molecular complexity index is 407. The maximum atomic E-state index is 6.29. The third kappa shape index (κ3) is 2.67. The zero-order valence-corrected chi connectivity index (χ0v) is 11.9. The van der Waals surface area contributed by atoms with E-state index in [0.717, 1.165) is 27.6 Å². The standard InChI is InChI=1S/C13H21ClN2O/c1-8-6-11(17-5)13(10(3)12(8)14)16(4)9(2)7-15/h6,9H,7,15H2,1-5H3. The molecule has 0 amide bonds. The molecular weight excluding hydrogens is 236 g/mol. The summed E-state index contributed by atoms with van der Waals surface area (Å²) in [5, 5.41) is 0.789. The van der Waals surface area contributed by atoms with Gasteiger partial charge in [0.25, 0.3) is 0 Å². The van der Waals surface area contributed by atoms with Gasteiger partial charge in [0.15, 0.2) is 0 Å². The lowest BCUT2D eigenvalue weighted by atomic mass is 10.1. The number of methoxy groups -OCH3 is 1. The molecule has 1 aromatic rings. The first-order valence-corrected chi connectivity index (χ1v) is 6.08. The van der Waals surface area contributed by atoms with Crippen molar-refractivity contribution in [3.8, 4) is 5.75 Å². The largest absolute Gasteiger partial charge is 0.495 e. The summed E-state index contributed by atoms with van der Waals surface area (Å²) in [6.07, 6.45) is 0. The SMILES string of the molecule is COc1cc(C)c(Cl)c(C)c1N(C)C(C)CN. The number of hydrogen-bond acceptors (Lipinski definition) is 3. The van der Waals surface area contributed by atoms with Crippen LogP contribution in [0.5, 0.6) is 5.75 Å². The Labute approximate surface area is 109 Å². The maximum Gasteiger partial charge on any atom is 0.142 e. The molecule has 0 bridgehead atoms. The van der Waals surface area contributed by atoms with Crippen molar-refractivity contribution in [3.63, 3.8) is 0 Å². The Hall–Kier alpha value is -0.930. The molecule has 0 saturated carbocycles. The van der Waals surface area contributed by atoms with Gasteiger partial charge >= 0.3 is 0 Å². The molecular formula is C13H21ClN2O. The van der Waals surface area contributed by atoms with Gasteiger partial charge in [-0.2, -0.15) is 0 Å². The zero-order valence-electron chi connectivity index (χ0n) is 11.2. The van der Waals surface area contributed by atoms with E-state index in [1.165, 1.54) is 0 Å². The average Bonchev–Trinajstić information content (AvgIpc) is 2.33. The van der Waals surface area contributed by atoms with E-state index in [9.17, 15) is 0 Å². The summed E-state index contributed by atoms with van der Waals surface area (Å²) >= 11 is 6.29. The van der Waals surface area contributed by atoms with Crippen molar-refractivity contribution >= 4 is 17.3 Å². The van der Waals surface area contributed by atoms with Gasteiger partial charge in [-0.15, -0.1) is 0 Å². The fourth-order valence-electron chi connectivity index (χ4n) is 1.89. The number of hydrogen-bond donors (Lipinski definition) is 1. The number of likely N-dealkylation sites (N-methyl/N-ethyl adjacent to an activating group) is 1. The molecule has 1 atom stereocenters. The van der Waals surface area contributed by atoms with Crippen molar-refractivity contribution in [2.24, 2.45) is 5.73 Å². The van der Waals surface area contributed by atoms with Crippen molar-refractivity contribution in [1.29, 1.82) is 0 Å². The van der Waals surface area contributed by atoms with Gasteiger partial charge in [-0.3, -0.25) is 0 Å². The summed E-state index contributed by atoms with van der Waals surface area (Å²) in [6.45, 7) is 6.65. The van der Waals surface area contributed by atoms with Crippen LogP contribution in [-0.2, 0) is 0 Å². The number of nitrogens with two attached hydrogens (primary N) is 1. The van der Waals surface area contributed by atoms with Crippen molar-refractivity contribution in [2.75, 3.05) is 25.6 Å². The molecule has 0 radical (unpaired) electrons. The van der Waals surface area contributed by atoms with Crippen LogP contribution in [0.2, 0.25) is 5.02 Å². The summed E-state index contributed by atoms with van der Waals surface area (Å²) in [4.78, 5) is 2.11. The van der Waals surface area contributed by atoms with Gasteiger partial charge in [0.2, 0.25) is 0 Å². The molecule has 0 heterocycles. The van der Waals surface area contributed by atoms with Crippen LogP contribution < -0.4 is 15.4 Å². The quantitative estimate of drug-likeness (QED) is 0.900. The summed E-state index contributed by atoms with van der Waals surface area (Å²) in [5.41, 5.74) is 8.78. The number of ether oxygens (including phenoxy) is 1. The highest BCUT2D eigenvalue weighted by Crippen LogP contribution is 2.38. The Morgan fingerprint density at radius 1 is 1.47 bits per heavy atom. The highest BCUT2D eigenvalue weighted by molar-refractivity contribution is 6.32. The predicted molar refractivity (Wildman–Crippen MR) is 74.4 cm³/mol. The van der Waals surface area contributed by atoms with Crippen LogP contribution in [0.25, 0.3) is 0 Å². The first-order chi connectivity index (χ1) is 7.93. The second kappa shape index (κ2) is 5.61. The number of halogens is 1. The van der Waals surface area contributed by atoms with E-state index < -0.39 is 0 Å². The van der Waals surface area contributed by atoms with Crippen LogP contribution in [0.3, 0.4) is 0 Å². The van der Waals surface area contributed by atoms with Gasteiger partial charge in [0.1, 0.15) is 5.75 Å². The fraction of sp³-hybridized carbons (Fsp3) is 0.538. The molecule has 3 nitrogen and oxygen atoms in total. The van der Waals surface area contributed by atoms with Gasteiger partial charge in [0.05, 0.1) is 12.8 Å². The van der Waals surface area contributed by atoms with Crippen LogP contribution in [0.15, 0.2) is 6.07 Å². The lowest BCUT2D eigenvalue weighted by Gasteiger charge is -2.29. The van der Waals surface area contributed by atoms with Gasteiger partial charge < -0.3 is 15.4 Å². The molecule has 1 rings (SSSR count). The molecule has 4 heteroatoms. The Kier molecular flexibility index (Phi) is 4.66. The first kappa shape index (κ1) is 14.1. The predicted octanol–water partition coefficient (Wildman–Crippen LogP) is 2.75. The number of nitrogens with zero attached hydrogens (tertiary/aromatic N) is 1. The van der Waals surface area contributed by atoms with Crippen molar-refractivity contribution in [1.82, 2.24) is 0 Å². The molecule has 0 aliphatic rings. The second-order valence-electron chi connectivity index (χ2n) is 4.38. The van der Waals surface area contributed by atoms with E-state index in [0.29, 0.717) is 6.54 Å². The van der Waals surface area contributed by atoms with E-state index >= 15 is 0 Å². The summed E-state index contributed by atoms with van der Waals surface area (Å²) in [7, 11) is 3.68. The van der Waals surface area contributed by atoms with Gasteiger partial charge in [0, 0.05) is 24.7 Å². The van der Waals surface area contributed by atoms with Gasteiger partial charge in [-0.1, -0.05) is 11.6 Å². The van der Waals surface area contributed by atoms with Crippen molar-refractivity contribution in [2.45, 2.75) is 26.8 Å². The van der Waals surface area contributed by atoms with Crippen LogP contribution in [0.1, 0.15) is 18.1 Å². The van der Waals surface area contributed by atoms with Gasteiger partial charge in [-0.25, -0.2) is 0 Å². The first-order valence-electron chi connectivity index (χ1n) is 5.70. The third-order valence-corrected chi connectivity index (χ3v) is 3.77. The number of aryl methyl sites for hydroxylation is 1. The van der Waals surface area contributed by atoms with E-state index in [1.807, 2.05) is 27.0 Å². The molecule has 17 heavy (non-hydrogen) atoms. The molecule has 2 N–H and O–H groups in total. The fourth-order valence-corrected chi connectivity index (χ4v) is 2.03. The minimum absolute atomic E-state index is 0.237. The van der Waals surface area contributed by atoms with Crippen LogP contribution in [0, 0.1) is 13.8 Å². The molecule has 0 aliphatic carbocycles. The molecule has 0 aromatic heterocycles. The molecule has 96 valence electrons. The highest BCUT2D eigenvalue weighted by Gasteiger charge is 2.19. The lowest BCUT2D eigenvalue weighted by molar-refractivity contribution is 0.413. The van der Waals surface area contributed by atoms with Crippen molar-refractivity contribution in [3.05, 3.63) is 22.2 Å². The van der Waals surface area contributed by atoms with Gasteiger partial charge in [-0.05, 0) is 38.0 Å². The average molecular weight is 257 g/mol. The Morgan fingerprint density at radius 2 is 2.06 bits per heavy atom. The molecule has 0 aliphatic heterocycles. The molecule has 1 aromatic carbocycles. The van der Waals surface area contributed by atoms with E-state index in [2.05, 4.69) is 11.8 Å². The monoisotopic (exact) mass is 256 g/mol. The molecule has 1 unspecified atom stereocenters. The van der Waals surface area contributed by atoms with Crippen LogP contribution in [0.4, 0.5) is 5.69 Å². The smallest absolute Gasteiger partial charge is 0.142 e. The molecule has 0 spiro atoms. The van der Waals surface area contributed by atoms with Crippen LogP contribution in [-0.4, -0.2) is 26.7 Å². The van der Waals surface area contributed by atoms with E-state index in [1.54, 1.807) is 7.11 Å². The topological polar surface area (TPSA) is 38.5 Å². The third-order valence-electron chi connectivity index (χ3n) is 3.19. The number of rotatable bonds is 4.